The Balaban J connectivity index is 2.09. The molecule has 122 valence electrons. The van der Waals surface area contributed by atoms with Crippen molar-refractivity contribution < 1.29 is 4.79 Å². The van der Waals surface area contributed by atoms with E-state index >= 15 is 0 Å². The largest absolute Gasteiger partial charge is 0.319 e. The lowest BCUT2D eigenvalue weighted by molar-refractivity contribution is 0.102. The van der Waals surface area contributed by atoms with E-state index in [0.29, 0.717) is 16.5 Å². The van der Waals surface area contributed by atoms with E-state index in [1.807, 2.05) is 0 Å². The molecule has 2 aromatic carbocycles. The number of aryl methyl sites for hydroxylation is 1. The molecule has 1 N–H and O–H groups in total. The van der Waals surface area contributed by atoms with Crippen LogP contribution in [0.2, 0.25) is 15.1 Å². The average Bonchev–Trinajstić information content (AvgIpc) is 2.56. The molecule has 0 saturated heterocycles. The van der Waals surface area contributed by atoms with Crippen LogP contribution < -0.4 is 10.9 Å². The number of hydrogen-bond acceptors (Lipinski definition) is 3. The first-order valence-electron chi connectivity index (χ1n) is 6.80. The minimum atomic E-state index is -0.512. The molecule has 0 aliphatic carbocycles. The first-order valence-corrected chi connectivity index (χ1v) is 7.94. The van der Waals surface area contributed by atoms with Crippen molar-refractivity contribution in [1.29, 1.82) is 0 Å². The fourth-order valence-electron chi connectivity index (χ4n) is 2.27. The van der Waals surface area contributed by atoms with E-state index < -0.39 is 5.91 Å². The highest BCUT2D eigenvalue weighted by Crippen LogP contribution is 2.32. The summed E-state index contributed by atoms with van der Waals surface area (Å²) in [5, 5.41) is 8.34. The van der Waals surface area contributed by atoms with Crippen LogP contribution in [-0.4, -0.2) is 15.7 Å². The normalized spacial score (nSPS) is 10.8. The van der Waals surface area contributed by atoms with Gasteiger partial charge in [-0.25, -0.2) is 4.68 Å². The van der Waals surface area contributed by atoms with Gasteiger partial charge in [-0.2, -0.15) is 5.10 Å². The number of aromatic nitrogens is 2. The van der Waals surface area contributed by atoms with E-state index in [1.165, 1.54) is 19.2 Å². The van der Waals surface area contributed by atoms with Crippen LogP contribution in [-0.2, 0) is 7.05 Å². The number of hydrogen-bond donors (Lipinski definition) is 1. The van der Waals surface area contributed by atoms with Gasteiger partial charge in [0.2, 0.25) is 0 Å². The first kappa shape index (κ1) is 16.8. The van der Waals surface area contributed by atoms with Crippen LogP contribution in [0.1, 0.15) is 10.5 Å². The highest BCUT2D eigenvalue weighted by molar-refractivity contribution is 6.44. The molecule has 0 bridgehead atoms. The van der Waals surface area contributed by atoms with E-state index in [-0.39, 0.29) is 26.3 Å². The van der Waals surface area contributed by atoms with Crippen LogP contribution in [0.4, 0.5) is 5.69 Å². The van der Waals surface area contributed by atoms with E-state index in [1.54, 1.807) is 24.3 Å². The third kappa shape index (κ3) is 2.98. The van der Waals surface area contributed by atoms with Crippen molar-refractivity contribution in [1.82, 2.24) is 9.78 Å². The fraction of sp³-hybridized carbons (Fsp3) is 0.0625. The average molecular weight is 383 g/mol. The number of nitrogens with one attached hydrogen (secondary N) is 1. The predicted molar refractivity (Wildman–Crippen MR) is 96.4 cm³/mol. The van der Waals surface area contributed by atoms with Crippen molar-refractivity contribution in [3.8, 4) is 0 Å². The Labute approximate surface area is 151 Å². The van der Waals surface area contributed by atoms with E-state index in [2.05, 4.69) is 10.4 Å². The van der Waals surface area contributed by atoms with Gasteiger partial charge in [0.1, 0.15) is 0 Å². The molecule has 0 fully saturated rings. The van der Waals surface area contributed by atoms with Gasteiger partial charge in [0.15, 0.2) is 5.69 Å². The van der Waals surface area contributed by atoms with Crippen LogP contribution in [0.5, 0.6) is 0 Å². The van der Waals surface area contributed by atoms with Crippen molar-refractivity contribution in [3.05, 3.63) is 67.5 Å². The molecule has 0 unspecified atom stereocenters. The van der Waals surface area contributed by atoms with Crippen molar-refractivity contribution >= 4 is 57.2 Å². The third-order valence-electron chi connectivity index (χ3n) is 3.43. The number of amides is 1. The van der Waals surface area contributed by atoms with Crippen molar-refractivity contribution in [2.24, 2.45) is 7.05 Å². The summed E-state index contributed by atoms with van der Waals surface area (Å²) in [7, 11) is 1.48. The zero-order valence-electron chi connectivity index (χ0n) is 12.3. The second kappa shape index (κ2) is 6.43. The lowest BCUT2D eigenvalue weighted by Gasteiger charge is -2.11. The van der Waals surface area contributed by atoms with Crippen LogP contribution in [0.15, 0.2) is 41.2 Å². The Morgan fingerprint density at radius 3 is 2.38 bits per heavy atom. The quantitative estimate of drug-likeness (QED) is 0.677. The van der Waals surface area contributed by atoms with Gasteiger partial charge in [0, 0.05) is 12.4 Å². The molecule has 0 aliphatic heterocycles. The SMILES string of the molecule is Cn1nc(C(=O)Nc2cc(Cl)c(Cl)cc2Cl)c2ccccc2c1=O. The molecule has 0 atom stereocenters. The zero-order chi connectivity index (χ0) is 17.4. The summed E-state index contributed by atoms with van der Waals surface area (Å²) >= 11 is 17.9. The summed E-state index contributed by atoms with van der Waals surface area (Å²) in [5.41, 5.74) is 0.125. The monoisotopic (exact) mass is 381 g/mol. The Hall–Kier alpha value is -2.08. The number of carbonyl (C=O) groups excluding carboxylic acids is 1. The van der Waals surface area contributed by atoms with Gasteiger partial charge >= 0.3 is 0 Å². The van der Waals surface area contributed by atoms with Gasteiger partial charge in [-0.3, -0.25) is 9.59 Å². The smallest absolute Gasteiger partial charge is 0.276 e. The van der Waals surface area contributed by atoms with Crippen molar-refractivity contribution in [2.75, 3.05) is 5.32 Å². The summed E-state index contributed by atoms with van der Waals surface area (Å²) < 4.78 is 1.12. The molecule has 1 heterocycles. The Kier molecular flexibility index (Phi) is 4.49. The highest BCUT2D eigenvalue weighted by atomic mass is 35.5. The summed E-state index contributed by atoms with van der Waals surface area (Å²) in [5.74, 6) is -0.512. The van der Waals surface area contributed by atoms with Crippen LogP contribution in [0, 0.1) is 0 Å². The molecule has 24 heavy (non-hydrogen) atoms. The minimum absolute atomic E-state index is 0.106. The molecule has 1 amide bonds. The predicted octanol–water partition coefficient (Wildman–Crippen LogP) is 4.15. The summed E-state index contributed by atoms with van der Waals surface area (Å²) in [6.07, 6.45) is 0. The standard InChI is InChI=1S/C16H10Cl3N3O2/c1-22-16(24)9-5-3-2-4-8(9)14(21-22)15(23)20-13-7-11(18)10(17)6-12(13)19/h2-7H,1H3,(H,20,23). The number of anilines is 1. The second-order valence-electron chi connectivity index (χ2n) is 5.02. The van der Waals surface area contributed by atoms with Gasteiger partial charge in [0.25, 0.3) is 11.5 Å². The van der Waals surface area contributed by atoms with Gasteiger partial charge in [-0.05, 0) is 18.2 Å². The number of benzene rings is 2. The molecule has 3 aromatic rings. The lowest BCUT2D eigenvalue weighted by atomic mass is 10.1. The van der Waals surface area contributed by atoms with E-state index in [9.17, 15) is 9.59 Å². The Morgan fingerprint density at radius 1 is 1.04 bits per heavy atom. The first-order chi connectivity index (χ1) is 11.4. The van der Waals surface area contributed by atoms with Crippen LogP contribution >= 0.6 is 34.8 Å². The molecular formula is C16H10Cl3N3O2. The number of halogens is 3. The third-order valence-corrected chi connectivity index (χ3v) is 4.46. The fourth-order valence-corrected chi connectivity index (χ4v) is 2.86. The number of nitrogens with zero attached hydrogens (tertiary/aromatic N) is 2. The van der Waals surface area contributed by atoms with Gasteiger partial charge in [-0.15, -0.1) is 0 Å². The molecule has 5 nitrogen and oxygen atoms in total. The van der Waals surface area contributed by atoms with E-state index in [4.69, 9.17) is 34.8 Å². The van der Waals surface area contributed by atoms with E-state index in [0.717, 1.165) is 4.68 Å². The zero-order valence-corrected chi connectivity index (χ0v) is 14.6. The maximum Gasteiger partial charge on any atom is 0.276 e. The molecule has 0 saturated carbocycles. The number of carbonyl (C=O) groups is 1. The molecule has 0 aliphatic rings. The minimum Gasteiger partial charge on any atom is -0.319 e. The topological polar surface area (TPSA) is 64.0 Å². The maximum absolute atomic E-state index is 12.6. The van der Waals surface area contributed by atoms with Crippen molar-refractivity contribution in [2.45, 2.75) is 0 Å². The molecule has 0 spiro atoms. The molecule has 3 rings (SSSR count). The van der Waals surface area contributed by atoms with Gasteiger partial charge < -0.3 is 5.32 Å². The maximum atomic E-state index is 12.6. The van der Waals surface area contributed by atoms with Crippen molar-refractivity contribution in [3.63, 3.8) is 0 Å². The van der Waals surface area contributed by atoms with Crippen LogP contribution in [0.3, 0.4) is 0 Å². The lowest BCUT2D eigenvalue weighted by Crippen LogP contribution is -2.25. The summed E-state index contributed by atoms with van der Waals surface area (Å²) in [4.78, 5) is 24.7. The molecule has 1 aromatic heterocycles. The highest BCUT2D eigenvalue weighted by Gasteiger charge is 2.17. The Morgan fingerprint density at radius 2 is 1.67 bits per heavy atom. The van der Waals surface area contributed by atoms with Gasteiger partial charge in [-0.1, -0.05) is 53.0 Å². The number of rotatable bonds is 2. The van der Waals surface area contributed by atoms with Gasteiger partial charge in [0.05, 0.1) is 26.1 Å². The summed E-state index contributed by atoms with van der Waals surface area (Å²) in [6, 6.07) is 9.65. The Bertz CT molecular complexity index is 1030. The molecule has 0 radical (unpaired) electrons. The second-order valence-corrected chi connectivity index (χ2v) is 6.24. The van der Waals surface area contributed by atoms with Crippen LogP contribution in [0.25, 0.3) is 10.8 Å². The number of fused-ring (bicyclic) bond motifs is 1. The molecule has 8 heteroatoms. The molecular weight excluding hydrogens is 373 g/mol. The summed E-state index contributed by atoms with van der Waals surface area (Å²) in [6.45, 7) is 0.